The summed E-state index contributed by atoms with van der Waals surface area (Å²) >= 11 is 0. The van der Waals surface area contributed by atoms with E-state index in [1.54, 1.807) is 18.2 Å². The number of nitriles is 1. The second-order valence-electron chi connectivity index (χ2n) is 4.17. The number of nitrogens with zero attached hydrogens (tertiary/aromatic N) is 2. The third kappa shape index (κ3) is 2.87. The number of nitrogens with one attached hydrogen (secondary N) is 1. The molecule has 20 heavy (non-hydrogen) atoms. The minimum atomic E-state index is -3.75. The van der Waals surface area contributed by atoms with Crippen LogP contribution in [0.2, 0.25) is 0 Å². The maximum Gasteiger partial charge on any atom is 0.263 e. The van der Waals surface area contributed by atoms with Crippen molar-refractivity contribution in [3.05, 3.63) is 47.8 Å². The van der Waals surface area contributed by atoms with Gasteiger partial charge in [-0.05, 0) is 36.8 Å². The molecule has 0 aliphatic heterocycles. The van der Waals surface area contributed by atoms with Crippen LogP contribution in [0.15, 0.2) is 41.4 Å². The average Bonchev–Trinajstić information content (AvgIpc) is 2.43. The Balaban J connectivity index is 2.30. The molecule has 102 valence electrons. The van der Waals surface area contributed by atoms with Crippen molar-refractivity contribution < 1.29 is 8.42 Å². The number of benzene rings is 1. The molecule has 0 saturated carbocycles. The van der Waals surface area contributed by atoms with Gasteiger partial charge in [0.15, 0.2) is 0 Å². The van der Waals surface area contributed by atoms with Crippen LogP contribution in [0.3, 0.4) is 0 Å². The molecule has 2 aromatic rings. The minimum absolute atomic E-state index is 0.0179. The van der Waals surface area contributed by atoms with Crippen LogP contribution in [-0.4, -0.2) is 13.4 Å². The van der Waals surface area contributed by atoms with Gasteiger partial charge in [0.25, 0.3) is 10.0 Å². The van der Waals surface area contributed by atoms with E-state index >= 15 is 0 Å². The smallest absolute Gasteiger partial charge is 0.263 e. The summed E-state index contributed by atoms with van der Waals surface area (Å²) in [5.74, 6) is 0. The first-order chi connectivity index (χ1) is 9.42. The van der Waals surface area contributed by atoms with E-state index in [9.17, 15) is 8.42 Å². The van der Waals surface area contributed by atoms with Crippen LogP contribution in [0, 0.1) is 18.3 Å². The summed E-state index contributed by atoms with van der Waals surface area (Å²) in [4.78, 5) is 3.71. The molecule has 0 aliphatic carbocycles. The Morgan fingerprint density at radius 2 is 2.05 bits per heavy atom. The Morgan fingerprint density at radius 3 is 2.60 bits per heavy atom. The van der Waals surface area contributed by atoms with Crippen molar-refractivity contribution in [2.75, 3.05) is 10.5 Å². The highest BCUT2D eigenvalue weighted by molar-refractivity contribution is 7.92. The molecule has 6 nitrogen and oxygen atoms in total. The summed E-state index contributed by atoms with van der Waals surface area (Å²) in [6, 6.07) is 9.39. The second kappa shape index (κ2) is 5.19. The topological polar surface area (TPSA) is 109 Å². The summed E-state index contributed by atoms with van der Waals surface area (Å²) < 4.78 is 26.7. The van der Waals surface area contributed by atoms with Crippen LogP contribution < -0.4 is 10.5 Å². The number of hydrogen-bond donors (Lipinski definition) is 2. The predicted molar refractivity (Wildman–Crippen MR) is 75.4 cm³/mol. The molecule has 0 unspecified atom stereocenters. The molecule has 1 heterocycles. The van der Waals surface area contributed by atoms with E-state index in [4.69, 9.17) is 11.0 Å². The number of aryl methyl sites for hydroxylation is 1. The lowest BCUT2D eigenvalue weighted by Crippen LogP contribution is -2.13. The fraction of sp³-hybridized carbons (Fsp3) is 0.0769. The molecule has 0 fully saturated rings. The molecule has 2 rings (SSSR count). The van der Waals surface area contributed by atoms with Gasteiger partial charge in [-0.1, -0.05) is 6.07 Å². The van der Waals surface area contributed by atoms with Gasteiger partial charge < -0.3 is 5.73 Å². The van der Waals surface area contributed by atoms with Gasteiger partial charge in [-0.15, -0.1) is 0 Å². The number of aromatic nitrogens is 1. The summed E-state index contributed by atoms with van der Waals surface area (Å²) in [6.07, 6.45) is 1.14. The van der Waals surface area contributed by atoms with Gasteiger partial charge in [0, 0.05) is 11.9 Å². The Bertz CT molecular complexity index is 777. The number of nitrogen functional groups attached to an aromatic ring is 1. The molecule has 0 radical (unpaired) electrons. The maximum absolute atomic E-state index is 12.1. The zero-order valence-corrected chi connectivity index (χ0v) is 11.5. The highest BCUT2D eigenvalue weighted by atomic mass is 32.2. The molecular weight excluding hydrogens is 276 g/mol. The van der Waals surface area contributed by atoms with Crippen molar-refractivity contribution in [2.45, 2.75) is 11.8 Å². The van der Waals surface area contributed by atoms with Gasteiger partial charge in [0.05, 0.1) is 5.69 Å². The predicted octanol–water partition coefficient (Wildman–Crippen LogP) is 1.64. The quantitative estimate of drug-likeness (QED) is 0.834. The standard InChI is InChI=1S/C13H12N4O2S/c1-9-2-3-10(6-13(9)15)17-20(18,19)12-5-4-11(7-14)16-8-12/h2-6,8,17H,15H2,1H3. The lowest BCUT2D eigenvalue weighted by Gasteiger charge is -2.09. The van der Waals surface area contributed by atoms with Crippen LogP contribution in [0.5, 0.6) is 0 Å². The maximum atomic E-state index is 12.1. The zero-order valence-electron chi connectivity index (χ0n) is 10.7. The molecule has 7 heteroatoms. The van der Waals surface area contributed by atoms with Crippen LogP contribution in [0.4, 0.5) is 11.4 Å². The molecule has 0 bridgehead atoms. The van der Waals surface area contributed by atoms with E-state index in [0.29, 0.717) is 11.4 Å². The Hall–Kier alpha value is -2.59. The van der Waals surface area contributed by atoms with Gasteiger partial charge in [0.2, 0.25) is 0 Å². The van der Waals surface area contributed by atoms with Crippen molar-refractivity contribution in [2.24, 2.45) is 0 Å². The third-order valence-corrected chi connectivity index (χ3v) is 4.06. The average molecular weight is 288 g/mol. The van der Waals surface area contributed by atoms with Crippen LogP contribution in [0.1, 0.15) is 11.3 Å². The minimum Gasteiger partial charge on any atom is -0.398 e. The monoisotopic (exact) mass is 288 g/mol. The second-order valence-corrected chi connectivity index (χ2v) is 5.85. The zero-order chi connectivity index (χ0) is 14.8. The lowest BCUT2D eigenvalue weighted by molar-refractivity contribution is 0.601. The number of nitrogens with two attached hydrogens (primary N) is 1. The summed E-state index contributed by atoms with van der Waals surface area (Å²) in [5.41, 5.74) is 7.63. The molecule has 0 saturated heterocycles. The summed E-state index contributed by atoms with van der Waals surface area (Å²) in [6.45, 7) is 1.83. The van der Waals surface area contributed by atoms with Crippen LogP contribution in [0.25, 0.3) is 0 Å². The van der Waals surface area contributed by atoms with Crippen LogP contribution >= 0.6 is 0 Å². The molecule has 0 spiro atoms. The van der Waals surface area contributed by atoms with Crippen molar-refractivity contribution >= 4 is 21.4 Å². The number of rotatable bonds is 3. The van der Waals surface area contributed by atoms with Crippen molar-refractivity contribution in [1.82, 2.24) is 4.98 Å². The van der Waals surface area contributed by atoms with E-state index in [0.717, 1.165) is 11.8 Å². The van der Waals surface area contributed by atoms with Crippen molar-refractivity contribution in [3.8, 4) is 6.07 Å². The highest BCUT2D eigenvalue weighted by Gasteiger charge is 2.15. The summed E-state index contributed by atoms with van der Waals surface area (Å²) in [5, 5.41) is 8.63. The summed E-state index contributed by atoms with van der Waals surface area (Å²) in [7, 11) is -3.75. The Kier molecular flexibility index (Phi) is 3.59. The number of pyridine rings is 1. The third-order valence-electron chi connectivity index (χ3n) is 2.69. The first kappa shape index (κ1) is 13.8. The molecular formula is C13H12N4O2S. The normalized spacial score (nSPS) is 10.8. The van der Waals surface area contributed by atoms with Crippen molar-refractivity contribution in [3.63, 3.8) is 0 Å². The highest BCUT2D eigenvalue weighted by Crippen LogP contribution is 2.20. The number of sulfonamides is 1. The molecule has 3 N–H and O–H groups in total. The van der Waals surface area contributed by atoms with E-state index < -0.39 is 10.0 Å². The Morgan fingerprint density at radius 1 is 1.30 bits per heavy atom. The van der Waals surface area contributed by atoms with Gasteiger partial charge in [-0.25, -0.2) is 13.4 Å². The molecule has 1 aromatic heterocycles. The first-order valence-corrected chi connectivity index (χ1v) is 7.16. The fourth-order valence-corrected chi connectivity index (χ4v) is 2.52. The largest absolute Gasteiger partial charge is 0.398 e. The van der Waals surface area contributed by atoms with E-state index in [2.05, 4.69) is 9.71 Å². The van der Waals surface area contributed by atoms with Crippen molar-refractivity contribution in [1.29, 1.82) is 5.26 Å². The van der Waals surface area contributed by atoms with E-state index in [-0.39, 0.29) is 10.6 Å². The van der Waals surface area contributed by atoms with Gasteiger partial charge in [-0.2, -0.15) is 5.26 Å². The van der Waals surface area contributed by atoms with E-state index in [1.165, 1.54) is 12.1 Å². The molecule has 0 atom stereocenters. The molecule has 0 aliphatic rings. The molecule has 0 amide bonds. The number of anilines is 2. The number of hydrogen-bond acceptors (Lipinski definition) is 5. The van der Waals surface area contributed by atoms with E-state index in [1.807, 2.05) is 13.0 Å². The fourth-order valence-electron chi connectivity index (χ4n) is 1.52. The van der Waals surface area contributed by atoms with Gasteiger partial charge >= 0.3 is 0 Å². The first-order valence-electron chi connectivity index (χ1n) is 5.67. The van der Waals surface area contributed by atoms with Gasteiger partial charge in [0.1, 0.15) is 16.7 Å². The lowest BCUT2D eigenvalue weighted by atomic mass is 10.2. The van der Waals surface area contributed by atoms with Gasteiger partial charge in [-0.3, -0.25) is 4.72 Å². The SMILES string of the molecule is Cc1ccc(NS(=O)(=O)c2ccc(C#N)nc2)cc1N. The molecule has 1 aromatic carbocycles. The Labute approximate surface area is 116 Å². The van der Waals surface area contributed by atoms with Crippen LogP contribution in [-0.2, 0) is 10.0 Å².